The Morgan fingerprint density at radius 2 is 2.03 bits per heavy atom. The van der Waals surface area contributed by atoms with E-state index in [9.17, 15) is 4.79 Å². The van der Waals surface area contributed by atoms with Crippen molar-refractivity contribution in [1.29, 1.82) is 0 Å². The largest absolute Gasteiger partial charge is 0.351 e. The second-order valence-electron chi connectivity index (χ2n) is 7.47. The number of thioether (sulfide) groups is 1. The van der Waals surface area contributed by atoms with Gasteiger partial charge in [-0.25, -0.2) is 4.98 Å². The minimum Gasteiger partial charge on any atom is -0.351 e. The minimum absolute atomic E-state index is 0.0133. The molecule has 0 unspecified atom stereocenters. The topological polar surface area (TPSA) is 72.2 Å². The van der Waals surface area contributed by atoms with Gasteiger partial charge in [-0.2, -0.15) is 0 Å². The average Bonchev–Trinajstić information content (AvgIpc) is 3.37. The van der Waals surface area contributed by atoms with Crippen molar-refractivity contribution in [3.8, 4) is 0 Å². The third-order valence-electron chi connectivity index (χ3n) is 5.48. The predicted octanol–water partition coefficient (Wildman–Crippen LogP) is 4.19. The number of carbonyl (C=O) groups is 1. The van der Waals surface area contributed by atoms with Crippen molar-refractivity contribution in [1.82, 2.24) is 24.9 Å². The molecule has 0 radical (unpaired) electrons. The molecule has 0 atom stereocenters. The van der Waals surface area contributed by atoms with Crippen LogP contribution < -0.4 is 5.32 Å². The first-order valence-corrected chi connectivity index (χ1v) is 12.2. The Bertz CT molecular complexity index is 1210. The van der Waals surface area contributed by atoms with Gasteiger partial charge in [0.2, 0.25) is 5.91 Å². The highest BCUT2D eigenvalue weighted by Crippen LogP contribution is 2.38. The van der Waals surface area contributed by atoms with E-state index in [1.165, 1.54) is 40.4 Å². The van der Waals surface area contributed by atoms with Gasteiger partial charge in [0.1, 0.15) is 10.7 Å². The summed E-state index contributed by atoms with van der Waals surface area (Å²) in [6, 6.07) is 9.93. The van der Waals surface area contributed by atoms with E-state index >= 15 is 0 Å². The van der Waals surface area contributed by atoms with Gasteiger partial charge in [-0.1, -0.05) is 49.0 Å². The van der Waals surface area contributed by atoms with Gasteiger partial charge in [-0.15, -0.1) is 21.5 Å². The van der Waals surface area contributed by atoms with Gasteiger partial charge < -0.3 is 5.32 Å². The van der Waals surface area contributed by atoms with Gasteiger partial charge in [0.05, 0.1) is 11.1 Å². The molecule has 0 saturated carbocycles. The summed E-state index contributed by atoms with van der Waals surface area (Å²) < 4.78 is 2.05. The van der Waals surface area contributed by atoms with Crippen LogP contribution >= 0.6 is 23.1 Å². The van der Waals surface area contributed by atoms with Crippen molar-refractivity contribution in [3.05, 3.63) is 52.2 Å². The molecule has 8 heteroatoms. The molecule has 1 N–H and O–H groups in total. The number of aromatic nitrogens is 4. The zero-order valence-corrected chi connectivity index (χ0v) is 18.5. The summed E-state index contributed by atoms with van der Waals surface area (Å²) in [6.45, 7) is 2.63. The maximum Gasteiger partial charge on any atom is 0.230 e. The van der Waals surface area contributed by atoms with Crippen molar-refractivity contribution >= 4 is 44.9 Å². The van der Waals surface area contributed by atoms with Crippen molar-refractivity contribution in [2.45, 2.75) is 50.7 Å². The van der Waals surface area contributed by atoms with E-state index < -0.39 is 0 Å². The molecule has 0 bridgehead atoms. The third-order valence-corrected chi connectivity index (χ3v) is 7.59. The molecule has 3 heterocycles. The summed E-state index contributed by atoms with van der Waals surface area (Å²) in [5.74, 6) is 1.24. The molecule has 0 aliphatic heterocycles. The number of thiophene rings is 1. The zero-order chi connectivity index (χ0) is 20.5. The second kappa shape index (κ2) is 8.35. The first-order valence-electron chi connectivity index (χ1n) is 10.4. The summed E-state index contributed by atoms with van der Waals surface area (Å²) in [6.07, 6.45) is 5.50. The van der Waals surface area contributed by atoms with E-state index in [1.54, 1.807) is 0 Å². The molecule has 1 amide bonds. The van der Waals surface area contributed by atoms with Crippen molar-refractivity contribution in [2.75, 3.05) is 5.75 Å². The van der Waals surface area contributed by atoms with Gasteiger partial charge >= 0.3 is 0 Å². The van der Waals surface area contributed by atoms with E-state index in [4.69, 9.17) is 4.98 Å². The number of hydrogen-bond donors (Lipinski definition) is 1. The molecular formula is C22H23N5OS2. The lowest BCUT2D eigenvalue weighted by Gasteiger charge is -2.11. The molecule has 0 fully saturated rings. The standard InChI is InChI=1S/C22H23N5OS2/c1-2-17-24-21-19(15-10-6-7-11-16(15)30-21)20-25-26-22(27(17)20)29-13-18(28)23-12-14-8-4-3-5-9-14/h3-5,8-9H,2,6-7,10-13H2,1H3,(H,23,28). The van der Waals surface area contributed by atoms with Gasteiger partial charge in [0.25, 0.3) is 0 Å². The third kappa shape index (κ3) is 3.58. The summed E-state index contributed by atoms with van der Waals surface area (Å²) in [5.41, 5.74) is 3.39. The predicted molar refractivity (Wildman–Crippen MR) is 121 cm³/mol. The molecule has 4 aromatic rings. The maximum absolute atomic E-state index is 12.4. The summed E-state index contributed by atoms with van der Waals surface area (Å²) >= 11 is 3.23. The van der Waals surface area contributed by atoms with E-state index in [0.717, 1.165) is 46.3 Å². The Balaban J connectivity index is 1.40. The van der Waals surface area contributed by atoms with E-state index in [2.05, 4.69) is 26.8 Å². The Morgan fingerprint density at radius 3 is 2.87 bits per heavy atom. The van der Waals surface area contributed by atoms with E-state index in [0.29, 0.717) is 12.3 Å². The number of rotatable bonds is 6. The quantitative estimate of drug-likeness (QED) is 0.458. The number of hydrogen-bond acceptors (Lipinski definition) is 6. The fraction of sp³-hybridized carbons (Fsp3) is 0.364. The van der Waals surface area contributed by atoms with Gasteiger partial charge in [0.15, 0.2) is 10.8 Å². The van der Waals surface area contributed by atoms with Crippen molar-refractivity contribution in [2.24, 2.45) is 0 Å². The number of fused-ring (bicyclic) bond motifs is 5. The van der Waals surface area contributed by atoms with E-state index in [-0.39, 0.29) is 5.91 Å². The molecule has 0 saturated heterocycles. The monoisotopic (exact) mass is 437 g/mol. The average molecular weight is 438 g/mol. The fourth-order valence-corrected chi connectivity index (χ4v) is 6.06. The summed E-state index contributed by atoms with van der Waals surface area (Å²) in [4.78, 5) is 19.8. The molecule has 5 rings (SSSR count). The molecule has 6 nitrogen and oxygen atoms in total. The van der Waals surface area contributed by atoms with Gasteiger partial charge in [0, 0.05) is 17.8 Å². The highest BCUT2D eigenvalue weighted by atomic mass is 32.2. The SMILES string of the molecule is CCc1nc2sc3c(c2c2nnc(SCC(=O)NCc4ccccc4)n12)CCCC3. The van der Waals surface area contributed by atoms with Crippen LogP contribution in [-0.4, -0.2) is 31.2 Å². The van der Waals surface area contributed by atoms with Gasteiger partial charge in [-0.05, 0) is 36.8 Å². The second-order valence-corrected chi connectivity index (χ2v) is 9.49. The Kier molecular flexibility index (Phi) is 5.43. The Labute approximate surface area is 183 Å². The lowest BCUT2D eigenvalue weighted by Crippen LogP contribution is -2.24. The first-order chi connectivity index (χ1) is 14.7. The van der Waals surface area contributed by atoms with Crippen molar-refractivity contribution in [3.63, 3.8) is 0 Å². The highest BCUT2D eigenvalue weighted by Gasteiger charge is 2.23. The number of amides is 1. The first kappa shape index (κ1) is 19.5. The van der Waals surface area contributed by atoms with Crippen LogP contribution in [0.1, 0.15) is 41.6 Å². The lowest BCUT2D eigenvalue weighted by atomic mass is 9.97. The van der Waals surface area contributed by atoms with Crippen LogP contribution in [0.5, 0.6) is 0 Å². The number of aryl methyl sites for hydroxylation is 3. The van der Waals surface area contributed by atoms with Crippen LogP contribution in [0.4, 0.5) is 0 Å². The fourth-order valence-electron chi connectivity index (χ4n) is 4.00. The molecule has 0 spiro atoms. The molecule has 3 aromatic heterocycles. The molecule has 1 aliphatic rings. The van der Waals surface area contributed by atoms with Crippen LogP contribution in [0.15, 0.2) is 35.5 Å². The molecule has 30 heavy (non-hydrogen) atoms. The maximum atomic E-state index is 12.4. The smallest absolute Gasteiger partial charge is 0.230 e. The number of nitrogens with one attached hydrogen (secondary N) is 1. The van der Waals surface area contributed by atoms with Crippen LogP contribution in [0.25, 0.3) is 15.9 Å². The lowest BCUT2D eigenvalue weighted by molar-refractivity contribution is -0.118. The molecule has 1 aliphatic carbocycles. The van der Waals surface area contributed by atoms with Crippen LogP contribution in [0, 0.1) is 0 Å². The molecular weight excluding hydrogens is 414 g/mol. The van der Waals surface area contributed by atoms with Crippen LogP contribution in [0.2, 0.25) is 0 Å². The number of nitrogens with zero attached hydrogens (tertiary/aromatic N) is 4. The molecule has 1 aromatic carbocycles. The zero-order valence-electron chi connectivity index (χ0n) is 16.9. The van der Waals surface area contributed by atoms with E-state index in [1.807, 2.05) is 41.7 Å². The van der Waals surface area contributed by atoms with Crippen LogP contribution in [-0.2, 0) is 30.6 Å². The number of carbonyl (C=O) groups excluding carboxylic acids is 1. The number of benzene rings is 1. The Hall–Kier alpha value is -2.45. The van der Waals surface area contributed by atoms with Crippen molar-refractivity contribution < 1.29 is 4.79 Å². The molecule has 154 valence electrons. The summed E-state index contributed by atoms with van der Waals surface area (Å²) in [7, 11) is 0. The Morgan fingerprint density at radius 1 is 1.20 bits per heavy atom. The summed E-state index contributed by atoms with van der Waals surface area (Å²) in [5, 5.41) is 13.8. The highest BCUT2D eigenvalue weighted by molar-refractivity contribution is 7.99. The van der Waals surface area contributed by atoms with Gasteiger partial charge in [-0.3, -0.25) is 9.20 Å². The normalized spacial score (nSPS) is 13.6. The minimum atomic E-state index is -0.0133. The van der Waals surface area contributed by atoms with Crippen LogP contribution in [0.3, 0.4) is 0 Å².